The molecule has 1 aliphatic heterocycles. The molecule has 0 aromatic rings. The van der Waals surface area contributed by atoms with E-state index in [2.05, 4.69) is 0 Å². The van der Waals surface area contributed by atoms with Crippen LogP contribution in [0.5, 0.6) is 0 Å². The van der Waals surface area contributed by atoms with Gasteiger partial charge in [-0.25, -0.2) is 0 Å². The maximum Gasteiger partial charge on any atom is 0.229 e. The van der Waals surface area contributed by atoms with Crippen LogP contribution in [0.3, 0.4) is 0 Å². The molecule has 1 heterocycles. The first-order valence-corrected chi connectivity index (χ1v) is 5.78. The molecule has 1 saturated carbocycles. The summed E-state index contributed by atoms with van der Waals surface area (Å²) in [6.07, 6.45) is 3.70. The fourth-order valence-corrected chi connectivity index (χ4v) is 2.61. The molecule has 4 nitrogen and oxygen atoms in total. The number of thiocarbonyl (C=S) groups is 1. The fraction of sp³-hybridized carbons (Fsp3) is 0.800. The van der Waals surface area contributed by atoms with E-state index in [4.69, 9.17) is 22.7 Å². The van der Waals surface area contributed by atoms with Crippen molar-refractivity contribution in [2.24, 2.45) is 5.73 Å². The van der Waals surface area contributed by atoms with Gasteiger partial charge in [-0.1, -0.05) is 12.2 Å². The van der Waals surface area contributed by atoms with Gasteiger partial charge in [-0.05, 0) is 19.3 Å². The molecule has 2 unspecified atom stereocenters. The van der Waals surface area contributed by atoms with E-state index < -0.39 is 0 Å². The van der Waals surface area contributed by atoms with E-state index in [0.717, 1.165) is 19.3 Å². The van der Waals surface area contributed by atoms with Gasteiger partial charge in [0.05, 0.1) is 30.2 Å². The van der Waals surface area contributed by atoms with Crippen molar-refractivity contribution in [3.8, 4) is 0 Å². The molecule has 84 valence electrons. The van der Waals surface area contributed by atoms with Crippen LogP contribution in [0.15, 0.2) is 0 Å². The minimum atomic E-state index is 0.0581. The number of nitrogens with zero attached hydrogens (tertiary/aromatic N) is 1. The molecule has 1 aliphatic carbocycles. The number of ether oxygens (including phenoxy) is 1. The SMILES string of the molecule is NC(=S)CC(=O)N1CCOC2CCCC21. The third-order valence-corrected chi connectivity index (χ3v) is 3.27. The molecule has 1 saturated heterocycles. The quantitative estimate of drug-likeness (QED) is 0.697. The zero-order valence-electron chi connectivity index (χ0n) is 8.65. The van der Waals surface area contributed by atoms with E-state index in [-0.39, 0.29) is 29.5 Å². The minimum absolute atomic E-state index is 0.0581. The molecule has 15 heavy (non-hydrogen) atoms. The monoisotopic (exact) mass is 228 g/mol. The molecule has 0 bridgehead atoms. The highest BCUT2D eigenvalue weighted by molar-refractivity contribution is 7.80. The van der Waals surface area contributed by atoms with Gasteiger partial charge >= 0.3 is 0 Å². The summed E-state index contributed by atoms with van der Waals surface area (Å²) in [6.45, 7) is 1.33. The van der Waals surface area contributed by atoms with Crippen molar-refractivity contribution in [3.63, 3.8) is 0 Å². The Kier molecular flexibility index (Phi) is 3.21. The van der Waals surface area contributed by atoms with Crippen LogP contribution in [0.2, 0.25) is 0 Å². The highest BCUT2D eigenvalue weighted by atomic mass is 32.1. The van der Waals surface area contributed by atoms with Crippen LogP contribution < -0.4 is 5.73 Å². The van der Waals surface area contributed by atoms with Gasteiger partial charge < -0.3 is 15.4 Å². The van der Waals surface area contributed by atoms with Crippen molar-refractivity contribution in [1.29, 1.82) is 0 Å². The van der Waals surface area contributed by atoms with E-state index in [0.29, 0.717) is 13.2 Å². The van der Waals surface area contributed by atoms with Gasteiger partial charge in [0.15, 0.2) is 0 Å². The van der Waals surface area contributed by atoms with Crippen LogP contribution in [0.4, 0.5) is 0 Å². The summed E-state index contributed by atoms with van der Waals surface area (Å²) in [5.41, 5.74) is 5.39. The van der Waals surface area contributed by atoms with Crippen LogP contribution in [0.25, 0.3) is 0 Å². The Bertz CT molecular complexity index is 283. The lowest BCUT2D eigenvalue weighted by Gasteiger charge is -2.37. The molecule has 0 aromatic heterocycles. The zero-order valence-corrected chi connectivity index (χ0v) is 9.46. The summed E-state index contributed by atoms with van der Waals surface area (Å²) in [4.78, 5) is 14.0. The molecule has 0 spiro atoms. The molecule has 5 heteroatoms. The minimum Gasteiger partial charge on any atom is -0.393 e. The predicted octanol–water partition coefficient (Wildman–Crippen LogP) is 0.442. The number of fused-ring (bicyclic) bond motifs is 1. The molecule has 0 aromatic carbocycles. The highest BCUT2D eigenvalue weighted by Gasteiger charge is 2.38. The van der Waals surface area contributed by atoms with Gasteiger partial charge in [-0.15, -0.1) is 0 Å². The number of hydrogen-bond acceptors (Lipinski definition) is 3. The Balaban J connectivity index is 2.00. The molecular weight excluding hydrogens is 212 g/mol. The van der Waals surface area contributed by atoms with E-state index in [9.17, 15) is 4.79 Å². The summed E-state index contributed by atoms with van der Waals surface area (Å²) in [6, 6.07) is 0.264. The van der Waals surface area contributed by atoms with Gasteiger partial charge in [0, 0.05) is 6.54 Å². The standard InChI is InChI=1S/C10H16N2O2S/c11-9(15)6-10(13)12-4-5-14-8-3-1-2-7(8)12/h7-8H,1-6H2,(H2,11,15). The fourth-order valence-electron chi connectivity index (χ4n) is 2.49. The average Bonchev–Trinajstić information content (AvgIpc) is 2.63. The first-order chi connectivity index (χ1) is 7.18. The van der Waals surface area contributed by atoms with Crippen molar-refractivity contribution < 1.29 is 9.53 Å². The number of rotatable bonds is 2. The van der Waals surface area contributed by atoms with Crippen LogP contribution in [-0.4, -0.2) is 41.1 Å². The maximum absolute atomic E-state index is 11.9. The number of amides is 1. The Labute approximate surface area is 94.7 Å². The lowest BCUT2D eigenvalue weighted by atomic mass is 10.1. The molecular formula is C10H16N2O2S. The summed E-state index contributed by atoms with van der Waals surface area (Å²) in [7, 11) is 0. The Hall–Kier alpha value is -0.680. The van der Waals surface area contributed by atoms with Gasteiger partial charge in [-0.3, -0.25) is 4.79 Å². The third kappa shape index (κ3) is 2.29. The van der Waals surface area contributed by atoms with E-state index in [1.807, 2.05) is 4.90 Å². The molecule has 2 atom stereocenters. The molecule has 1 amide bonds. The van der Waals surface area contributed by atoms with Gasteiger partial charge in [0.2, 0.25) is 5.91 Å². The average molecular weight is 228 g/mol. The summed E-state index contributed by atoms with van der Waals surface area (Å²) < 4.78 is 5.63. The topological polar surface area (TPSA) is 55.6 Å². The predicted molar refractivity (Wildman–Crippen MR) is 60.5 cm³/mol. The third-order valence-electron chi connectivity index (χ3n) is 3.13. The number of hydrogen-bond donors (Lipinski definition) is 1. The maximum atomic E-state index is 11.9. The number of carbonyl (C=O) groups is 1. The smallest absolute Gasteiger partial charge is 0.229 e. The van der Waals surface area contributed by atoms with E-state index in [1.54, 1.807) is 0 Å². The van der Waals surface area contributed by atoms with Crippen molar-refractivity contribution in [1.82, 2.24) is 4.90 Å². The first-order valence-electron chi connectivity index (χ1n) is 5.38. The van der Waals surface area contributed by atoms with Gasteiger partial charge in [-0.2, -0.15) is 0 Å². The van der Waals surface area contributed by atoms with Gasteiger partial charge in [0.1, 0.15) is 0 Å². The Morgan fingerprint density at radius 1 is 1.53 bits per heavy atom. The van der Waals surface area contributed by atoms with Crippen LogP contribution >= 0.6 is 12.2 Å². The Morgan fingerprint density at radius 2 is 2.33 bits per heavy atom. The second-order valence-electron chi connectivity index (χ2n) is 4.14. The summed E-state index contributed by atoms with van der Waals surface area (Å²) in [5.74, 6) is 0.0581. The molecule has 2 rings (SSSR count). The van der Waals surface area contributed by atoms with Crippen LogP contribution in [0, 0.1) is 0 Å². The van der Waals surface area contributed by atoms with Crippen molar-refractivity contribution in [2.75, 3.05) is 13.2 Å². The van der Waals surface area contributed by atoms with Crippen LogP contribution in [0.1, 0.15) is 25.7 Å². The molecule has 2 aliphatic rings. The lowest BCUT2D eigenvalue weighted by Crippen LogP contribution is -2.51. The zero-order chi connectivity index (χ0) is 10.8. The lowest BCUT2D eigenvalue weighted by molar-refractivity contribution is -0.142. The van der Waals surface area contributed by atoms with Gasteiger partial charge in [0.25, 0.3) is 0 Å². The van der Waals surface area contributed by atoms with Crippen molar-refractivity contribution >= 4 is 23.1 Å². The van der Waals surface area contributed by atoms with E-state index in [1.165, 1.54) is 0 Å². The number of carbonyl (C=O) groups excluding carboxylic acids is 1. The number of morpholine rings is 1. The second-order valence-corrected chi connectivity index (χ2v) is 4.66. The molecule has 2 fully saturated rings. The van der Waals surface area contributed by atoms with E-state index >= 15 is 0 Å². The largest absolute Gasteiger partial charge is 0.393 e. The molecule has 0 radical (unpaired) electrons. The van der Waals surface area contributed by atoms with Crippen LogP contribution in [-0.2, 0) is 9.53 Å². The first kappa shape index (κ1) is 10.8. The second kappa shape index (κ2) is 4.45. The summed E-state index contributed by atoms with van der Waals surface area (Å²) >= 11 is 4.76. The highest BCUT2D eigenvalue weighted by Crippen LogP contribution is 2.29. The van der Waals surface area contributed by atoms with Crippen molar-refractivity contribution in [2.45, 2.75) is 37.8 Å². The van der Waals surface area contributed by atoms with Crippen molar-refractivity contribution in [3.05, 3.63) is 0 Å². The Morgan fingerprint density at radius 3 is 3.07 bits per heavy atom. The number of nitrogens with two attached hydrogens (primary N) is 1. The molecule has 2 N–H and O–H groups in total. The summed E-state index contributed by atoms with van der Waals surface area (Å²) in [5, 5.41) is 0. The normalized spacial score (nSPS) is 30.0.